The summed E-state index contributed by atoms with van der Waals surface area (Å²) in [6.07, 6.45) is 0. The van der Waals surface area contributed by atoms with Gasteiger partial charge in [0.1, 0.15) is 5.58 Å². The molecule has 2 nitrogen and oxygen atoms in total. The van der Waals surface area contributed by atoms with E-state index in [1.54, 1.807) is 24.3 Å². The number of halogens is 1. The molecule has 1 aromatic heterocycles. The average Bonchev–Trinajstić information content (AvgIpc) is 2.75. The zero-order valence-corrected chi connectivity index (χ0v) is 12.0. The smallest absolute Gasteiger partial charge is 0.228 e. The van der Waals surface area contributed by atoms with Gasteiger partial charge in [-0.25, -0.2) is 0 Å². The monoisotopic (exact) mass is 284 g/mol. The molecular formula is C17H13ClO2. The quantitative estimate of drug-likeness (QED) is 0.624. The molecule has 0 fully saturated rings. The van der Waals surface area contributed by atoms with Crippen LogP contribution in [0.25, 0.3) is 11.0 Å². The van der Waals surface area contributed by atoms with Gasteiger partial charge in [-0.1, -0.05) is 23.7 Å². The number of fused-ring (bicyclic) bond motifs is 1. The number of aryl methyl sites for hydroxylation is 2. The summed E-state index contributed by atoms with van der Waals surface area (Å²) in [5, 5.41) is 1.59. The highest BCUT2D eigenvalue weighted by atomic mass is 35.5. The van der Waals surface area contributed by atoms with Gasteiger partial charge in [0.25, 0.3) is 0 Å². The van der Waals surface area contributed by atoms with Gasteiger partial charge in [0, 0.05) is 21.5 Å². The van der Waals surface area contributed by atoms with Gasteiger partial charge in [-0.15, -0.1) is 0 Å². The Labute approximate surface area is 122 Å². The van der Waals surface area contributed by atoms with Crippen molar-refractivity contribution in [1.29, 1.82) is 0 Å². The lowest BCUT2D eigenvalue weighted by molar-refractivity contribution is 0.101. The van der Waals surface area contributed by atoms with Crippen LogP contribution in [-0.2, 0) is 0 Å². The molecule has 0 saturated heterocycles. The molecule has 0 spiro atoms. The van der Waals surface area contributed by atoms with E-state index in [9.17, 15) is 4.79 Å². The number of hydrogen-bond acceptors (Lipinski definition) is 2. The van der Waals surface area contributed by atoms with Crippen LogP contribution in [0, 0.1) is 13.8 Å². The van der Waals surface area contributed by atoms with Gasteiger partial charge in [-0.3, -0.25) is 4.79 Å². The summed E-state index contributed by atoms with van der Waals surface area (Å²) >= 11 is 5.84. The Hall–Kier alpha value is -2.06. The molecule has 2 aromatic carbocycles. The Morgan fingerprint density at radius 1 is 1.05 bits per heavy atom. The van der Waals surface area contributed by atoms with E-state index in [2.05, 4.69) is 0 Å². The molecule has 0 bridgehead atoms. The van der Waals surface area contributed by atoms with E-state index in [0.29, 0.717) is 16.3 Å². The number of furan rings is 1. The molecule has 0 saturated carbocycles. The van der Waals surface area contributed by atoms with Crippen molar-refractivity contribution in [3.63, 3.8) is 0 Å². The van der Waals surface area contributed by atoms with Gasteiger partial charge < -0.3 is 4.42 Å². The van der Waals surface area contributed by atoms with Crippen LogP contribution in [0.1, 0.15) is 27.2 Å². The number of carbonyl (C=O) groups excluding carboxylic acids is 1. The first-order valence-electron chi connectivity index (χ1n) is 6.36. The lowest BCUT2D eigenvalue weighted by Crippen LogP contribution is -2.00. The molecular weight excluding hydrogens is 272 g/mol. The molecule has 0 N–H and O–H groups in total. The Kier molecular flexibility index (Phi) is 3.11. The summed E-state index contributed by atoms with van der Waals surface area (Å²) in [7, 11) is 0. The van der Waals surface area contributed by atoms with E-state index in [1.165, 1.54) is 0 Å². The zero-order valence-electron chi connectivity index (χ0n) is 11.2. The van der Waals surface area contributed by atoms with Crippen molar-refractivity contribution in [3.05, 3.63) is 69.9 Å². The highest BCUT2D eigenvalue weighted by molar-refractivity contribution is 6.30. The van der Waals surface area contributed by atoms with E-state index >= 15 is 0 Å². The van der Waals surface area contributed by atoms with Crippen LogP contribution >= 0.6 is 11.6 Å². The first-order chi connectivity index (χ1) is 9.56. The lowest BCUT2D eigenvalue weighted by Gasteiger charge is -1.99. The maximum absolute atomic E-state index is 12.5. The second-order valence-corrected chi connectivity index (χ2v) is 5.33. The van der Waals surface area contributed by atoms with Crippen molar-refractivity contribution in [1.82, 2.24) is 0 Å². The molecule has 1 heterocycles. The summed E-state index contributed by atoms with van der Waals surface area (Å²) < 4.78 is 5.74. The van der Waals surface area contributed by atoms with Crippen LogP contribution in [0.15, 0.2) is 46.9 Å². The Balaban J connectivity index is 2.12. The fraction of sp³-hybridized carbons (Fsp3) is 0.118. The van der Waals surface area contributed by atoms with E-state index in [1.807, 2.05) is 32.0 Å². The maximum atomic E-state index is 12.5. The van der Waals surface area contributed by atoms with Crippen LogP contribution in [0.5, 0.6) is 0 Å². The van der Waals surface area contributed by atoms with Crippen LogP contribution in [0.4, 0.5) is 0 Å². The molecule has 0 aliphatic heterocycles. The van der Waals surface area contributed by atoms with E-state index < -0.39 is 0 Å². The van der Waals surface area contributed by atoms with Gasteiger partial charge >= 0.3 is 0 Å². The molecule has 0 radical (unpaired) electrons. The van der Waals surface area contributed by atoms with E-state index in [4.69, 9.17) is 16.0 Å². The SMILES string of the molecule is Cc1ccc2c(C)c(C(=O)c3ccc(Cl)cc3)oc2c1. The summed E-state index contributed by atoms with van der Waals surface area (Å²) in [6.45, 7) is 3.91. The first kappa shape index (κ1) is 12.9. The third kappa shape index (κ3) is 2.12. The molecule has 0 aliphatic carbocycles. The molecule has 0 amide bonds. The number of benzene rings is 2. The number of rotatable bonds is 2. The van der Waals surface area contributed by atoms with Crippen molar-refractivity contribution < 1.29 is 9.21 Å². The van der Waals surface area contributed by atoms with Crippen LogP contribution in [0.2, 0.25) is 5.02 Å². The van der Waals surface area contributed by atoms with Crippen molar-refractivity contribution in [2.75, 3.05) is 0 Å². The van der Waals surface area contributed by atoms with Gasteiger partial charge in [0.15, 0.2) is 5.76 Å². The molecule has 3 aromatic rings. The number of carbonyl (C=O) groups is 1. The van der Waals surface area contributed by atoms with E-state index in [-0.39, 0.29) is 5.78 Å². The van der Waals surface area contributed by atoms with Crippen LogP contribution < -0.4 is 0 Å². The van der Waals surface area contributed by atoms with E-state index in [0.717, 1.165) is 22.1 Å². The Morgan fingerprint density at radius 2 is 1.75 bits per heavy atom. The van der Waals surface area contributed by atoms with Gasteiger partial charge in [-0.05, 0) is 49.7 Å². The zero-order chi connectivity index (χ0) is 14.3. The third-order valence-corrected chi connectivity index (χ3v) is 3.66. The molecule has 3 heteroatoms. The van der Waals surface area contributed by atoms with Gasteiger partial charge in [0.05, 0.1) is 0 Å². The topological polar surface area (TPSA) is 30.2 Å². The normalized spacial score (nSPS) is 10.9. The Morgan fingerprint density at radius 3 is 2.45 bits per heavy atom. The van der Waals surface area contributed by atoms with Gasteiger partial charge in [-0.2, -0.15) is 0 Å². The fourth-order valence-electron chi connectivity index (χ4n) is 2.28. The second kappa shape index (κ2) is 4.80. The minimum Gasteiger partial charge on any atom is -0.452 e. The minimum atomic E-state index is -0.118. The van der Waals surface area contributed by atoms with Crippen LogP contribution in [-0.4, -0.2) is 5.78 Å². The van der Waals surface area contributed by atoms with Crippen molar-refractivity contribution in [2.45, 2.75) is 13.8 Å². The molecule has 3 rings (SSSR count). The maximum Gasteiger partial charge on any atom is 0.228 e. The predicted molar refractivity (Wildman–Crippen MR) is 80.6 cm³/mol. The summed E-state index contributed by atoms with van der Waals surface area (Å²) in [5.41, 5.74) is 3.31. The van der Waals surface area contributed by atoms with Crippen molar-refractivity contribution in [2.24, 2.45) is 0 Å². The highest BCUT2D eigenvalue weighted by Gasteiger charge is 2.19. The largest absolute Gasteiger partial charge is 0.452 e. The predicted octanol–water partition coefficient (Wildman–Crippen LogP) is 4.93. The molecule has 20 heavy (non-hydrogen) atoms. The molecule has 0 atom stereocenters. The van der Waals surface area contributed by atoms with Crippen LogP contribution in [0.3, 0.4) is 0 Å². The first-order valence-corrected chi connectivity index (χ1v) is 6.74. The minimum absolute atomic E-state index is 0.118. The third-order valence-electron chi connectivity index (χ3n) is 3.41. The Bertz CT molecular complexity index is 798. The fourth-order valence-corrected chi connectivity index (χ4v) is 2.41. The standard InChI is InChI=1S/C17H13ClO2/c1-10-3-8-14-11(2)17(20-15(14)9-10)16(19)12-4-6-13(18)7-5-12/h3-9H,1-2H3. The summed E-state index contributed by atoms with van der Waals surface area (Å²) in [4.78, 5) is 12.5. The van der Waals surface area contributed by atoms with Crippen molar-refractivity contribution >= 4 is 28.4 Å². The second-order valence-electron chi connectivity index (χ2n) is 4.89. The number of ketones is 1. The number of hydrogen-bond donors (Lipinski definition) is 0. The molecule has 0 unspecified atom stereocenters. The molecule has 0 aliphatic rings. The van der Waals surface area contributed by atoms with Gasteiger partial charge in [0.2, 0.25) is 5.78 Å². The van der Waals surface area contributed by atoms with Crippen molar-refractivity contribution in [3.8, 4) is 0 Å². The summed E-state index contributed by atoms with van der Waals surface area (Å²) in [5.74, 6) is 0.279. The lowest BCUT2D eigenvalue weighted by atomic mass is 10.0. The highest BCUT2D eigenvalue weighted by Crippen LogP contribution is 2.28. The molecule has 100 valence electrons. The summed E-state index contributed by atoms with van der Waals surface area (Å²) in [6, 6.07) is 12.8. The average molecular weight is 285 g/mol.